The molecule has 0 aliphatic heterocycles. The van der Waals surface area contributed by atoms with Gasteiger partial charge in [-0.1, -0.05) is 11.8 Å². The number of anilines is 2. The molecular weight excluding hydrogens is 452 g/mol. The minimum Gasteiger partial charge on any atom is -0.497 e. The van der Waals surface area contributed by atoms with E-state index in [9.17, 15) is 0 Å². The molecule has 0 aliphatic carbocycles. The third-order valence-electron chi connectivity index (χ3n) is 5.79. The van der Waals surface area contributed by atoms with Crippen LogP contribution >= 0.6 is 0 Å². The molecule has 0 aliphatic rings. The van der Waals surface area contributed by atoms with E-state index in [2.05, 4.69) is 26.8 Å². The second-order valence-corrected chi connectivity index (χ2v) is 8.36. The van der Waals surface area contributed by atoms with E-state index in [0.717, 1.165) is 39.2 Å². The molecule has 0 amide bonds. The van der Waals surface area contributed by atoms with Crippen molar-refractivity contribution in [3.8, 4) is 34.6 Å². The molecule has 36 heavy (non-hydrogen) atoms. The number of hydrogen-bond donors (Lipinski definition) is 0. The Morgan fingerprint density at radius 3 is 2.36 bits per heavy atom. The number of aryl methyl sites for hydroxylation is 2. The highest BCUT2D eigenvalue weighted by molar-refractivity contribution is 5.83. The summed E-state index contributed by atoms with van der Waals surface area (Å²) < 4.78 is 14.8. The second-order valence-electron chi connectivity index (χ2n) is 8.36. The number of nitrogens with zero attached hydrogens (tertiary/aromatic N) is 6. The monoisotopic (exact) mass is 478 g/mol. The van der Waals surface area contributed by atoms with Gasteiger partial charge in [0, 0.05) is 73.4 Å². The van der Waals surface area contributed by atoms with Crippen molar-refractivity contribution in [2.45, 2.75) is 0 Å². The van der Waals surface area contributed by atoms with Gasteiger partial charge in [-0.05, 0) is 24.3 Å². The van der Waals surface area contributed by atoms with E-state index in [-0.39, 0.29) is 0 Å². The number of rotatable bonds is 6. The van der Waals surface area contributed by atoms with E-state index >= 15 is 0 Å². The highest BCUT2D eigenvalue weighted by Crippen LogP contribution is 2.34. The molecule has 0 saturated carbocycles. The fourth-order valence-electron chi connectivity index (χ4n) is 3.94. The van der Waals surface area contributed by atoms with Crippen LogP contribution in [0.4, 0.5) is 11.4 Å². The first kappa shape index (κ1) is 23.0. The number of methoxy groups -OCH3 is 2. The van der Waals surface area contributed by atoms with Crippen molar-refractivity contribution in [3.63, 3.8) is 0 Å². The molecule has 8 heteroatoms. The molecule has 0 unspecified atom stereocenters. The maximum Gasteiger partial charge on any atom is 0.124 e. The lowest BCUT2D eigenvalue weighted by molar-refractivity contribution is 0.394. The predicted octanol–water partition coefficient (Wildman–Crippen LogP) is 4.58. The average Bonchev–Trinajstić information content (AvgIpc) is 3.53. The van der Waals surface area contributed by atoms with Crippen LogP contribution in [0, 0.1) is 11.8 Å². The van der Waals surface area contributed by atoms with E-state index in [0.29, 0.717) is 18.0 Å². The SMILES string of the molecule is COc1cc(OC)cc(N(CC#Cc2ccn(C)c2)c2ccc3ncc(-c4cnn(C)c4)nc3c2)c1. The van der Waals surface area contributed by atoms with Gasteiger partial charge in [0.1, 0.15) is 11.5 Å². The lowest BCUT2D eigenvalue weighted by Gasteiger charge is -2.24. The largest absolute Gasteiger partial charge is 0.497 e. The van der Waals surface area contributed by atoms with Crippen molar-refractivity contribution in [3.05, 3.63) is 79.0 Å². The van der Waals surface area contributed by atoms with Gasteiger partial charge in [0.25, 0.3) is 0 Å². The lowest BCUT2D eigenvalue weighted by atomic mass is 10.2. The van der Waals surface area contributed by atoms with Crippen LogP contribution < -0.4 is 14.4 Å². The van der Waals surface area contributed by atoms with Gasteiger partial charge in [-0.15, -0.1) is 0 Å². The molecule has 0 fully saturated rings. The fourth-order valence-corrected chi connectivity index (χ4v) is 3.94. The average molecular weight is 479 g/mol. The van der Waals surface area contributed by atoms with Crippen LogP contribution in [0.25, 0.3) is 22.3 Å². The van der Waals surface area contributed by atoms with Crippen LogP contribution in [0.5, 0.6) is 11.5 Å². The Morgan fingerprint density at radius 1 is 0.889 bits per heavy atom. The number of hydrogen-bond acceptors (Lipinski definition) is 6. The van der Waals surface area contributed by atoms with Crippen molar-refractivity contribution in [2.24, 2.45) is 14.1 Å². The number of benzene rings is 2. The summed E-state index contributed by atoms with van der Waals surface area (Å²) in [7, 11) is 7.15. The van der Waals surface area contributed by atoms with Gasteiger partial charge >= 0.3 is 0 Å². The van der Waals surface area contributed by atoms with Crippen LogP contribution in [-0.4, -0.2) is 45.1 Å². The van der Waals surface area contributed by atoms with Crippen LogP contribution in [0.1, 0.15) is 5.56 Å². The summed E-state index contributed by atoms with van der Waals surface area (Å²) in [6.45, 7) is 0.451. The van der Waals surface area contributed by atoms with Crippen molar-refractivity contribution in [1.82, 2.24) is 24.3 Å². The van der Waals surface area contributed by atoms with E-state index in [1.165, 1.54) is 0 Å². The van der Waals surface area contributed by atoms with Crippen molar-refractivity contribution >= 4 is 22.4 Å². The molecule has 2 aromatic carbocycles. The van der Waals surface area contributed by atoms with Gasteiger partial charge in [-0.2, -0.15) is 5.10 Å². The minimum absolute atomic E-state index is 0.451. The normalized spacial score (nSPS) is 10.7. The van der Waals surface area contributed by atoms with Crippen molar-refractivity contribution in [1.29, 1.82) is 0 Å². The molecule has 3 heterocycles. The molecule has 8 nitrogen and oxygen atoms in total. The Labute approximate surface area is 209 Å². The summed E-state index contributed by atoms with van der Waals surface area (Å²) in [6.07, 6.45) is 9.46. The standard InChI is InChI=1S/C28H26N6O2/c1-32-11-9-20(18-32)6-5-10-34(23-12-24(35-3)15-25(13-23)36-4)22-7-8-26-27(14-22)31-28(17-29-26)21-16-30-33(2)19-21/h7-9,11-19H,10H2,1-4H3. The molecule has 0 spiro atoms. The number of fused-ring (bicyclic) bond motifs is 1. The molecule has 0 bridgehead atoms. The van der Waals surface area contributed by atoms with Crippen LogP contribution in [-0.2, 0) is 14.1 Å². The topological polar surface area (TPSA) is 70.2 Å². The summed E-state index contributed by atoms with van der Waals surface area (Å²) in [5.74, 6) is 7.96. The van der Waals surface area contributed by atoms with Crippen molar-refractivity contribution in [2.75, 3.05) is 25.7 Å². The molecule has 3 aromatic heterocycles. The molecule has 180 valence electrons. The minimum atomic E-state index is 0.451. The molecule has 5 aromatic rings. The first-order valence-corrected chi connectivity index (χ1v) is 11.4. The van der Waals surface area contributed by atoms with Gasteiger partial charge in [-0.25, -0.2) is 4.98 Å². The van der Waals surface area contributed by atoms with E-state index in [1.54, 1.807) is 31.3 Å². The van der Waals surface area contributed by atoms with E-state index in [1.807, 2.05) is 79.7 Å². The zero-order valence-corrected chi connectivity index (χ0v) is 20.6. The first-order chi connectivity index (χ1) is 17.5. The fraction of sp³-hybridized carbons (Fsp3) is 0.179. The van der Waals surface area contributed by atoms with Crippen molar-refractivity contribution < 1.29 is 9.47 Å². The van der Waals surface area contributed by atoms with Gasteiger partial charge < -0.3 is 18.9 Å². The highest BCUT2D eigenvalue weighted by Gasteiger charge is 2.14. The molecule has 5 rings (SSSR count). The Bertz CT molecular complexity index is 1570. The summed E-state index contributed by atoms with van der Waals surface area (Å²) in [4.78, 5) is 11.6. The Balaban J connectivity index is 1.58. The number of ether oxygens (including phenoxy) is 2. The molecular formula is C28H26N6O2. The van der Waals surface area contributed by atoms with Crippen LogP contribution in [0.3, 0.4) is 0 Å². The predicted molar refractivity (Wildman–Crippen MR) is 141 cm³/mol. The number of aromatic nitrogens is 5. The Hall–Kier alpha value is -4.77. The molecule has 0 radical (unpaired) electrons. The zero-order valence-electron chi connectivity index (χ0n) is 20.6. The third kappa shape index (κ3) is 4.86. The molecule has 0 saturated heterocycles. The highest BCUT2D eigenvalue weighted by atomic mass is 16.5. The second kappa shape index (κ2) is 9.84. The summed E-state index contributed by atoms with van der Waals surface area (Å²) in [5, 5.41) is 4.25. The van der Waals surface area contributed by atoms with Gasteiger partial charge in [-0.3, -0.25) is 9.67 Å². The quantitative estimate of drug-likeness (QED) is 0.333. The molecule has 0 N–H and O–H groups in total. The van der Waals surface area contributed by atoms with Crippen LogP contribution in [0.2, 0.25) is 0 Å². The molecule has 0 atom stereocenters. The Morgan fingerprint density at radius 2 is 1.69 bits per heavy atom. The van der Waals surface area contributed by atoms with Crippen LogP contribution in [0.15, 0.2) is 73.4 Å². The maximum absolute atomic E-state index is 5.52. The summed E-state index contributed by atoms with van der Waals surface area (Å²) >= 11 is 0. The Kier molecular flexibility index (Phi) is 6.29. The zero-order chi connectivity index (χ0) is 25.1. The summed E-state index contributed by atoms with van der Waals surface area (Å²) in [5.41, 5.74) is 6.06. The maximum atomic E-state index is 5.52. The lowest BCUT2D eigenvalue weighted by Crippen LogP contribution is -2.17. The third-order valence-corrected chi connectivity index (χ3v) is 5.79. The smallest absolute Gasteiger partial charge is 0.124 e. The van der Waals surface area contributed by atoms with Gasteiger partial charge in [0.05, 0.1) is 49.9 Å². The van der Waals surface area contributed by atoms with Gasteiger partial charge in [0.15, 0.2) is 0 Å². The summed E-state index contributed by atoms with van der Waals surface area (Å²) in [6, 6.07) is 13.8. The first-order valence-electron chi connectivity index (χ1n) is 11.4. The van der Waals surface area contributed by atoms with E-state index in [4.69, 9.17) is 14.5 Å². The van der Waals surface area contributed by atoms with E-state index < -0.39 is 0 Å². The van der Waals surface area contributed by atoms with Gasteiger partial charge in [0.2, 0.25) is 0 Å².